The number of thiazole rings is 1. The molecule has 2 aromatic carbocycles. The largest absolute Gasteiger partial charge is 0.497 e. The van der Waals surface area contributed by atoms with Crippen LogP contribution in [0.1, 0.15) is 17.3 Å². The van der Waals surface area contributed by atoms with Gasteiger partial charge in [-0.1, -0.05) is 12.1 Å². The summed E-state index contributed by atoms with van der Waals surface area (Å²) in [6, 6.07) is 13.6. The van der Waals surface area contributed by atoms with E-state index in [4.69, 9.17) is 14.2 Å². The number of carbonyl (C=O) groups excluding carboxylic acids is 1. The van der Waals surface area contributed by atoms with E-state index in [2.05, 4.69) is 15.2 Å². The standard InChI is InChI=1S/C24H29N3O4S/c1-27(2)20(16-6-9-19(29-3)10-7-16)14-25-23(28)13-18-15-32-24(26-18)17-8-11-21(30-4)22(12-17)31-5/h6-12,15,20H,13-14H2,1-5H3,(H,25,28). The number of aromatic nitrogens is 1. The highest BCUT2D eigenvalue weighted by molar-refractivity contribution is 7.13. The summed E-state index contributed by atoms with van der Waals surface area (Å²) >= 11 is 1.50. The minimum Gasteiger partial charge on any atom is -0.497 e. The molecule has 0 bridgehead atoms. The van der Waals surface area contributed by atoms with Crippen molar-refractivity contribution in [1.82, 2.24) is 15.2 Å². The molecule has 0 radical (unpaired) electrons. The number of methoxy groups -OCH3 is 3. The lowest BCUT2D eigenvalue weighted by molar-refractivity contribution is -0.120. The fraction of sp³-hybridized carbons (Fsp3) is 0.333. The van der Waals surface area contributed by atoms with Crippen LogP contribution in [0.3, 0.4) is 0 Å². The van der Waals surface area contributed by atoms with Crippen LogP contribution in [0, 0.1) is 0 Å². The first kappa shape index (κ1) is 23.6. The number of benzene rings is 2. The molecule has 0 aliphatic heterocycles. The number of nitrogens with one attached hydrogen (secondary N) is 1. The van der Waals surface area contributed by atoms with E-state index in [0.29, 0.717) is 18.0 Å². The van der Waals surface area contributed by atoms with Gasteiger partial charge in [0.05, 0.1) is 39.5 Å². The molecule has 1 amide bonds. The van der Waals surface area contributed by atoms with Gasteiger partial charge in [0.15, 0.2) is 11.5 Å². The van der Waals surface area contributed by atoms with Crippen LogP contribution < -0.4 is 19.5 Å². The molecule has 1 N–H and O–H groups in total. The van der Waals surface area contributed by atoms with Crippen LogP contribution >= 0.6 is 11.3 Å². The van der Waals surface area contributed by atoms with E-state index in [-0.39, 0.29) is 18.4 Å². The lowest BCUT2D eigenvalue weighted by Gasteiger charge is -2.25. The Balaban J connectivity index is 1.62. The zero-order chi connectivity index (χ0) is 23.1. The highest BCUT2D eigenvalue weighted by atomic mass is 32.1. The summed E-state index contributed by atoms with van der Waals surface area (Å²) in [7, 11) is 8.85. The van der Waals surface area contributed by atoms with E-state index in [0.717, 1.165) is 27.6 Å². The number of ether oxygens (including phenoxy) is 3. The van der Waals surface area contributed by atoms with Crippen molar-refractivity contribution in [3.63, 3.8) is 0 Å². The summed E-state index contributed by atoms with van der Waals surface area (Å²) in [6.45, 7) is 0.505. The van der Waals surface area contributed by atoms with Gasteiger partial charge >= 0.3 is 0 Å². The minimum atomic E-state index is -0.0606. The smallest absolute Gasteiger partial charge is 0.226 e. The van der Waals surface area contributed by atoms with E-state index in [1.54, 1.807) is 21.3 Å². The second-order valence-corrected chi connectivity index (χ2v) is 8.31. The first-order chi connectivity index (χ1) is 15.4. The Morgan fingerprint density at radius 3 is 2.38 bits per heavy atom. The quantitative estimate of drug-likeness (QED) is 0.501. The fourth-order valence-corrected chi connectivity index (χ4v) is 4.17. The van der Waals surface area contributed by atoms with Gasteiger partial charge in [-0.15, -0.1) is 11.3 Å². The summed E-state index contributed by atoms with van der Waals surface area (Å²) in [6.07, 6.45) is 0.229. The molecule has 32 heavy (non-hydrogen) atoms. The van der Waals surface area contributed by atoms with Crippen LogP contribution in [0.5, 0.6) is 17.2 Å². The molecule has 0 aliphatic rings. The predicted molar refractivity (Wildman–Crippen MR) is 127 cm³/mol. The summed E-state index contributed by atoms with van der Waals surface area (Å²) in [4.78, 5) is 19.3. The number of amides is 1. The molecule has 0 saturated heterocycles. The molecule has 0 spiro atoms. The lowest BCUT2D eigenvalue weighted by atomic mass is 10.1. The molecule has 3 aromatic rings. The average Bonchev–Trinajstić information content (AvgIpc) is 3.27. The van der Waals surface area contributed by atoms with Crippen molar-refractivity contribution < 1.29 is 19.0 Å². The van der Waals surface area contributed by atoms with Gasteiger partial charge in [-0.25, -0.2) is 4.98 Å². The van der Waals surface area contributed by atoms with Crippen molar-refractivity contribution in [2.45, 2.75) is 12.5 Å². The number of rotatable bonds is 10. The Morgan fingerprint density at radius 2 is 1.75 bits per heavy atom. The van der Waals surface area contributed by atoms with Crippen molar-refractivity contribution in [2.24, 2.45) is 0 Å². The summed E-state index contributed by atoms with van der Waals surface area (Å²) in [5.74, 6) is 2.06. The van der Waals surface area contributed by atoms with Crippen molar-refractivity contribution >= 4 is 17.2 Å². The van der Waals surface area contributed by atoms with Crippen molar-refractivity contribution in [2.75, 3.05) is 42.0 Å². The van der Waals surface area contributed by atoms with Crippen LogP contribution in [0.4, 0.5) is 0 Å². The zero-order valence-corrected chi connectivity index (χ0v) is 19.9. The third kappa shape index (κ3) is 5.77. The Hall–Kier alpha value is -3.10. The highest BCUT2D eigenvalue weighted by Crippen LogP contribution is 2.33. The third-order valence-corrected chi connectivity index (χ3v) is 6.08. The van der Waals surface area contributed by atoms with Crippen molar-refractivity contribution in [1.29, 1.82) is 0 Å². The maximum atomic E-state index is 12.6. The van der Waals surface area contributed by atoms with Crippen molar-refractivity contribution in [3.05, 3.63) is 59.1 Å². The Kier molecular flexibility index (Phi) is 8.08. The van der Waals surface area contributed by atoms with E-state index in [9.17, 15) is 4.79 Å². The van der Waals surface area contributed by atoms with E-state index in [1.165, 1.54) is 11.3 Å². The summed E-state index contributed by atoms with van der Waals surface area (Å²) in [5.41, 5.74) is 2.77. The van der Waals surface area contributed by atoms with Gasteiger partial charge in [-0.2, -0.15) is 0 Å². The minimum absolute atomic E-state index is 0.0580. The average molecular weight is 456 g/mol. The highest BCUT2D eigenvalue weighted by Gasteiger charge is 2.17. The molecule has 0 saturated carbocycles. The Labute approximate surface area is 193 Å². The maximum Gasteiger partial charge on any atom is 0.226 e. The summed E-state index contributed by atoms with van der Waals surface area (Å²) < 4.78 is 15.9. The maximum absolute atomic E-state index is 12.6. The number of hydrogen-bond donors (Lipinski definition) is 1. The topological polar surface area (TPSA) is 72.9 Å². The molecule has 170 valence electrons. The van der Waals surface area contributed by atoms with E-state index < -0.39 is 0 Å². The van der Waals surface area contributed by atoms with Crippen LogP contribution in [-0.2, 0) is 11.2 Å². The second-order valence-electron chi connectivity index (χ2n) is 7.45. The van der Waals surface area contributed by atoms with E-state index >= 15 is 0 Å². The first-order valence-corrected chi connectivity index (χ1v) is 11.1. The van der Waals surface area contributed by atoms with Crippen LogP contribution in [0.25, 0.3) is 10.6 Å². The van der Waals surface area contributed by atoms with Gasteiger partial charge in [-0.3, -0.25) is 4.79 Å². The van der Waals surface area contributed by atoms with Crippen LogP contribution in [-0.4, -0.2) is 57.8 Å². The lowest BCUT2D eigenvalue weighted by Crippen LogP contribution is -2.35. The van der Waals surface area contributed by atoms with Crippen LogP contribution in [0.2, 0.25) is 0 Å². The molecule has 3 rings (SSSR count). The predicted octanol–water partition coefficient (Wildman–Crippen LogP) is 3.80. The normalized spacial score (nSPS) is 11.8. The molecular formula is C24H29N3O4S. The molecule has 1 heterocycles. The number of hydrogen-bond acceptors (Lipinski definition) is 7. The number of nitrogens with zero attached hydrogens (tertiary/aromatic N) is 2. The first-order valence-electron chi connectivity index (χ1n) is 10.2. The third-order valence-electron chi connectivity index (χ3n) is 5.14. The Morgan fingerprint density at radius 1 is 1.03 bits per heavy atom. The summed E-state index contributed by atoms with van der Waals surface area (Å²) in [5, 5.41) is 5.79. The molecule has 8 heteroatoms. The zero-order valence-electron chi connectivity index (χ0n) is 19.0. The van der Waals surface area contributed by atoms with Crippen molar-refractivity contribution in [3.8, 4) is 27.8 Å². The van der Waals surface area contributed by atoms with Gasteiger partial charge < -0.3 is 24.4 Å². The second kappa shape index (κ2) is 11.0. The van der Waals surface area contributed by atoms with E-state index in [1.807, 2.05) is 61.9 Å². The van der Waals surface area contributed by atoms with Gasteiger partial charge in [0.2, 0.25) is 5.91 Å². The molecular weight excluding hydrogens is 426 g/mol. The molecule has 0 fully saturated rings. The monoisotopic (exact) mass is 455 g/mol. The Bertz CT molecular complexity index is 1030. The molecule has 0 aliphatic carbocycles. The number of likely N-dealkylation sites (N-methyl/N-ethyl adjacent to an activating group) is 1. The van der Waals surface area contributed by atoms with Crippen LogP contribution in [0.15, 0.2) is 47.8 Å². The van der Waals surface area contributed by atoms with Gasteiger partial charge in [0.1, 0.15) is 10.8 Å². The fourth-order valence-electron chi connectivity index (χ4n) is 3.35. The van der Waals surface area contributed by atoms with Gasteiger partial charge in [-0.05, 0) is 50.0 Å². The molecule has 7 nitrogen and oxygen atoms in total. The van der Waals surface area contributed by atoms with Gasteiger partial charge in [0, 0.05) is 17.5 Å². The SMILES string of the molecule is COc1ccc(C(CNC(=O)Cc2csc(-c3ccc(OC)c(OC)c3)n2)N(C)C)cc1. The molecule has 1 atom stereocenters. The number of carbonyl (C=O) groups is 1. The van der Waals surface area contributed by atoms with Gasteiger partial charge in [0.25, 0.3) is 0 Å². The molecule has 1 unspecified atom stereocenters. The molecule has 1 aromatic heterocycles.